The van der Waals surface area contributed by atoms with E-state index in [9.17, 15) is 4.79 Å². The van der Waals surface area contributed by atoms with Crippen LogP contribution in [-0.4, -0.2) is 23.8 Å². The molecule has 0 saturated carbocycles. The minimum atomic E-state index is -0.197. The SMILES string of the molecule is C=CCSc1nc2ccc(NC(=O)c3ccccc3OC)cc2s1. The molecule has 6 heteroatoms. The molecule has 1 N–H and O–H groups in total. The lowest BCUT2D eigenvalue weighted by atomic mass is 10.2. The van der Waals surface area contributed by atoms with Crippen molar-refractivity contribution in [2.24, 2.45) is 0 Å². The summed E-state index contributed by atoms with van der Waals surface area (Å²) in [6, 6.07) is 12.9. The molecule has 0 aliphatic rings. The van der Waals surface area contributed by atoms with Crippen LogP contribution in [0.3, 0.4) is 0 Å². The molecule has 0 spiro atoms. The fourth-order valence-corrected chi connectivity index (χ4v) is 4.07. The number of thioether (sulfide) groups is 1. The predicted octanol–water partition coefficient (Wildman–Crippen LogP) is 4.84. The summed E-state index contributed by atoms with van der Waals surface area (Å²) in [6.45, 7) is 3.72. The number of fused-ring (bicyclic) bond motifs is 1. The first-order chi connectivity index (χ1) is 11.7. The number of amides is 1. The van der Waals surface area contributed by atoms with Crippen LogP contribution in [0.5, 0.6) is 5.75 Å². The van der Waals surface area contributed by atoms with Crippen LogP contribution < -0.4 is 10.1 Å². The second kappa shape index (κ2) is 7.51. The minimum absolute atomic E-state index is 0.197. The van der Waals surface area contributed by atoms with E-state index in [4.69, 9.17) is 4.74 Å². The normalized spacial score (nSPS) is 10.5. The molecule has 0 atom stereocenters. The van der Waals surface area contributed by atoms with Crippen LogP contribution in [0.15, 0.2) is 59.5 Å². The molecule has 122 valence electrons. The van der Waals surface area contributed by atoms with Gasteiger partial charge in [0, 0.05) is 11.4 Å². The lowest BCUT2D eigenvalue weighted by molar-refractivity contribution is 0.102. The minimum Gasteiger partial charge on any atom is -0.496 e. The molecular formula is C18H16N2O2S2. The first-order valence-corrected chi connectivity index (χ1v) is 9.10. The average Bonchev–Trinajstić information content (AvgIpc) is 3.01. The summed E-state index contributed by atoms with van der Waals surface area (Å²) >= 11 is 3.26. The molecule has 0 aliphatic carbocycles. The Morgan fingerprint density at radius 1 is 1.38 bits per heavy atom. The lowest BCUT2D eigenvalue weighted by Crippen LogP contribution is -2.12. The number of carbonyl (C=O) groups excluding carboxylic acids is 1. The van der Waals surface area contributed by atoms with Crippen molar-refractivity contribution < 1.29 is 9.53 Å². The van der Waals surface area contributed by atoms with Crippen LogP contribution in [0, 0.1) is 0 Å². The topological polar surface area (TPSA) is 51.2 Å². The monoisotopic (exact) mass is 356 g/mol. The first kappa shape index (κ1) is 16.5. The predicted molar refractivity (Wildman–Crippen MR) is 101 cm³/mol. The number of thiazole rings is 1. The van der Waals surface area contributed by atoms with E-state index in [2.05, 4.69) is 16.9 Å². The van der Waals surface area contributed by atoms with Gasteiger partial charge in [-0.2, -0.15) is 0 Å². The van der Waals surface area contributed by atoms with Crippen molar-refractivity contribution in [2.45, 2.75) is 4.34 Å². The van der Waals surface area contributed by atoms with Crippen LogP contribution in [-0.2, 0) is 0 Å². The van der Waals surface area contributed by atoms with Crippen LogP contribution in [0.25, 0.3) is 10.2 Å². The molecule has 0 bridgehead atoms. The number of rotatable bonds is 6. The van der Waals surface area contributed by atoms with Crippen molar-refractivity contribution >= 4 is 44.9 Å². The molecule has 3 aromatic rings. The molecule has 0 radical (unpaired) electrons. The Bertz CT molecular complexity index is 890. The highest BCUT2D eigenvalue weighted by Gasteiger charge is 2.12. The average molecular weight is 356 g/mol. The molecule has 0 saturated heterocycles. The van der Waals surface area contributed by atoms with Crippen LogP contribution in [0.1, 0.15) is 10.4 Å². The number of nitrogens with one attached hydrogen (secondary N) is 1. The summed E-state index contributed by atoms with van der Waals surface area (Å²) in [7, 11) is 1.55. The number of para-hydroxylation sites is 1. The number of anilines is 1. The summed E-state index contributed by atoms with van der Waals surface area (Å²) in [5.41, 5.74) is 2.18. The van der Waals surface area contributed by atoms with Gasteiger partial charge in [0.05, 0.1) is 22.9 Å². The highest BCUT2D eigenvalue weighted by Crippen LogP contribution is 2.31. The fraction of sp³-hybridized carbons (Fsp3) is 0.111. The van der Waals surface area contributed by atoms with Gasteiger partial charge in [-0.3, -0.25) is 4.79 Å². The Morgan fingerprint density at radius 2 is 2.21 bits per heavy atom. The van der Waals surface area contributed by atoms with Gasteiger partial charge in [0.2, 0.25) is 0 Å². The summed E-state index contributed by atoms with van der Waals surface area (Å²) in [5.74, 6) is 1.19. The molecular weight excluding hydrogens is 340 g/mol. The first-order valence-electron chi connectivity index (χ1n) is 7.30. The van der Waals surface area contributed by atoms with E-state index in [0.717, 1.165) is 26.0 Å². The second-order valence-electron chi connectivity index (χ2n) is 4.92. The quantitative estimate of drug-likeness (QED) is 0.507. The van der Waals surface area contributed by atoms with Crippen molar-refractivity contribution in [2.75, 3.05) is 18.2 Å². The Hall–Kier alpha value is -2.31. The van der Waals surface area contributed by atoms with Crippen LogP contribution in [0.2, 0.25) is 0 Å². The third-order valence-corrected chi connectivity index (χ3v) is 5.46. The molecule has 0 fully saturated rings. The third-order valence-electron chi connectivity index (χ3n) is 3.30. The Kier molecular flexibility index (Phi) is 5.17. The van der Waals surface area contributed by atoms with Gasteiger partial charge in [0.1, 0.15) is 5.75 Å². The second-order valence-corrected chi connectivity index (χ2v) is 7.21. The number of aromatic nitrogens is 1. The zero-order valence-corrected chi connectivity index (χ0v) is 14.7. The Labute approximate surface area is 148 Å². The largest absolute Gasteiger partial charge is 0.496 e. The van der Waals surface area contributed by atoms with E-state index in [0.29, 0.717) is 11.3 Å². The summed E-state index contributed by atoms with van der Waals surface area (Å²) in [6.07, 6.45) is 1.86. The fourth-order valence-electron chi connectivity index (χ4n) is 2.20. The summed E-state index contributed by atoms with van der Waals surface area (Å²) in [4.78, 5) is 17.0. The Balaban J connectivity index is 1.81. The third kappa shape index (κ3) is 3.60. The Morgan fingerprint density at radius 3 is 3.00 bits per heavy atom. The number of hydrogen-bond acceptors (Lipinski definition) is 5. The molecule has 24 heavy (non-hydrogen) atoms. The van der Waals surface area contributed by atoms with Gasteiger partial charge >= 0.3 is 0 Å². The standard InChI is InChI=1S/C18H16N2O2S2/c1-3-10-23-18-20-14-9-8-12(11-16(14)24-18)19-17(21)13-6-4-5-7-15(13)22-2/h3-9,11H,1,10H2,2H3,(H,19,21). The molecule has 4 nitrogen and oxygen atoms in total. The van der Waals surface area contributed by atoms with Gasteiger partial charge in [0.25, 0.3) is 5.91 Å². The number of ether oxygens (including phenoxy) is 1. The maximum absolute atomic E-state index is 12.5. The number of carbonyl (C=O) groups is 1. The molecule has 3 rings (SSSR count). The maximum atomic E-state index is 12.5. The number of nitrogens with zero attached hydrogens (tertiary/aromatic N) is 1. The highest BCUT2D eigenvalue weighted by atomic mass is 32.2. The van der Waals surface area contributed by atoms with Gasteiger partial charge in [-0.15, -0.1) is 17.9 Å². The zero-order valence-electron chi connectivity index (χ0n) is 13.1. The van der Waals surface area contributed by atoms with Crippen molar-refractivity contribution in [1.29, 1.82) is 0 Å². The number of benzene rings is 2. The summed E-state index contributed by atoms with van der Waals surface area (Å²) < 4.78 is 7.28. The van der Waals surface area contributed by atoms with E-state index in [1.54, 1.807) is 42.3 Å². The van der Waals surface area contributed by atoms with E-state index in [1.807, 2.05) is 36.4 Å². The van der Waals surface area contributed by atoms with Crippen LogP contribution in [0.4, 0.5) is 5.69 Å². The maximum Gasteiger partial charge on any atom is 0.259 e. The zero-order chi connectivity index (χ0) is 16.9. The molecule has 0 aliphatic heterocycles. The van der Waals surface area contributed by atoms with Crippen molar-refractivity contribution in [1.82, 2.24) is 4.98 Å². The van der Waals surface area contributed by atoms with Crippen LogP contribution >= 0.6 is 23.1 Å². The molecule has 1 aromatic heterocycles. The molecule has 2 aromatic carbocycles. The van der Waals surface area contributed by atoms with E-state index in [-0.39, 0.29) is 5.91 Å². The van der Waals surface area contributed by atoms with Gasteiger partial charge in [0.15, 0.2) is 4.34 Å². The molecule has 0 unspecified atom stereocenters. The number of hydrogen-bond donors (Lipinski definition) is 1. The molecule has 1 amide bonds. The summed E-state index contributed by atoms with van der Waals surface area (Å²) in [5, 5.41) is 2.91. The number of methoxy groups -OCH3 is 1. The van der Waals surface area contributed by atoms with E-state index < -0.39 is 0 Å². The van der Waals surface area contributed by atoms with Gasteiger partial charge in [-0.25, -0.2) is 4.98 Å². The smallest absolute Gasteiger partial charge is 0.259 e. The van der Waals surface area contributed by atoms with Gasteiger partial charge in [-0.05, 0) is 30.3 Å². The van der Waals surface area contributed by atoms with Gasteiger partial charge in [-0.1, -0.05) is 30.0 Å². The van der Waals surface area contributed by atoms with E-state index >= 15 is 0 Å². The van der Waals surface area contributed by atoms with Gasteiger partial charge < -0.3 is 10.1 Å². The van der Waals surface area contributed by atoms with Crippen molar-refractivity contribution in [3.8, 4) is 5.75 Å². The highest BCUT2D eigenvalue weighted by molar-refractivity contribution is 8.01. The lowest BCUT2D eigenvalue weighted by Gasteiger charge is -2.09. The van der Waals surface area contributed by atoms with Crippen molar-refractivity contribution in [3.05, 3.63) is 60.7 Å². The van der Waals surface area contributed by atoms with E-state index in [1.165, 1.54) is 0 Å². The molecule has 1 heterocycles. The van der Waals surface area contributed by atoms with Crippen molar-refractivity contribution in [3.63, 3.8) is 0 Å².